The Morgan fingerprint density at radius 2 is 1.64 bits per heavy atom. The summed E-state index contributed by atoms with van der Waals surface area (Å²) in [7, 11) is 0. The Kier molecular flexibility index (Phi) is 5.09. The monoisotopic (exact) mass is 296 g/mol. The molecule has 22 heavy (non-hydrogen) atoms. The molecule has 0 aromatic heterocycles. The van der Waals surface area contributed by atoms with Gasteiger partial charge in [-0.2, -0.15) is 0 Å². The van der Waals surface area contributed by atoms with E-state index >= 15 is 0 Å². The molecule has 0 amide bonds. The topological polar surface area (TPSA) is 52.6 Å². The Hall–Kier alpha value is -2.88. The number of carbonyl (C=O) groups excluding carboxylic acids is 2. The molecular formula is C18H16O4. The number of hydrogen-bond donors (Lipinski definition) is 0. The van der Waals surface area contributed by atoms with Gasteiger partial charge in [0.05, 0.1) is 5.56 Å². The summed E-state index contributed by atoms with van der Waals surface area (Å²) in [4.78, 5) is 23.3. The molecule has 4 heteroatoms. The maximum absolute atomic E-state index is 11.9. The molecule has 2 aromatic rings. The first-order valence-electron chi connectivity index (χ1n) is 6.75. The van der Waals surface area contributed by atoms with Crippen molar-refractivity contribution >= 4 is 11.9 Å². The van der Waals surface area contributed by atoms with Crippen molar-refractivity contribution < 1.29 is 19.1 Å². The molecule has 0 N–H and O–H groups in total. The van der Waals surface area contributed by atoms with Crippen LogP contribution >= 0.6 is 0 Å². The zero-order valence-corrected chi connectivity index (χ0v) is 12.2. The summed E-state index contributed by atoms with van der Waals surface area (Å²) < 4.78 is 10.3. The zero-order chi connectivity index (χ0) is 15.9. The van der Waals surface area contributed by atoms with Crippen LogP contribution in [0, 0.1) is 0 Å². The van der Waals surface area contributed by atoms with E-state index in [9.17, 15) is 9.59 Å². The van der Waals surface area contributed by atoms with E-state index in [2.05, 4.69) is 6.58 Å². The molecule has 0 saturated carbocycles. The highest BCUT2D eigenvalue weighted by Gasteiger charge is 2.09. The Morgan fingerprint density at radius 3 is 2.23 bits per heavy atom. The minimum Gasteiger partial charge on any atom is -0.457 e. The second-order valence-corrected chi connectivity index (χ2v) is 4.76. The molecule has 0 spiro atoms. The predicted octanol–water partition coefficient (Wildman–Crippen LogP) is 3.53. The van der Waals surface area contributed by atoms with E-state index in [1.807, 2.05) is 30.3 Å². The molecule has 0 radical (unpaired) electrons. The summed E-state index contributed by atoms with van der Waals surface area (Å²) in [6.45, 7) is 5.28. The summed E-state index contributed by atoms with van der Waals surface area (Å²) in [6.07, 6.45) is 0. The van der Waals surface area contributed by atoms with Crippen molar-refractivity contribution in [1.29, 1.82) is 0 Å². The van der Waals surface area contributed by atoms with Crippen LogP contribution in [0.4, 0.5) is 0 Å². The van der Waals surface area contributed by atoms with Gasteiger partial charge in [-0.25, -0.2) is 9.59 Å². The van der Waals surface area contributed by atoms with Crippen LogP contribution in [0.1, 0.15) is 22.8 Å². The van der Waals surface area contributed by atoms with Gasteiger partial charge in [-0.1, -0.05) is 36.9 Å². The molecule has 4 nitrogen and oxygen atoms in total. The predicted molar refractivity (Wildman–Crippen MR) is 82.5 cm³/mol. The normalized spacial score (nSPS) is 9.86. The van der Waals surface area contributed by atoms with Crippen molar-refractivity contribution in [2.24, 2.45) is 0 Å². The lowest BCUT2D eigenvalue weighted by atomic mass is 10.2. The standard InChI is InChI=1S/C18H16O4/c1-13(2)17(19)22-16-10-8-15(9-11-16)18(20)21-12-14-6-4-3-5-7-14/h3-11H,1,12H2,2H3. The third kappa shape index (κ3) is 4.31. The van der Waals surface area contributed by atoms with Gasteiger partial charge in [0, 0.05) is 5.57 Å². The largest absolute Gasteiger partial charge is 0.457 e. The van der Waals surface area contributed by atoms with E-state index < -0.39 is 11.9 Å². The first kappa shape index (κ1) is 15.5. The molecule has 0 aliphatic carbocycles. The van der Waals surface area contributed by atoms with E-state index in [4.69, 9.17) is 9.47 Å². The van der Waals surface area contributed by atoms with E-state index in [1.54, 1.807) is 31.2 Å². The molecule has 0 aliphatic heterocycles. The lowest BCUT2D eigenvalue weighted by Gasteiger charge is -2.06. The number of benzene rings is 2. The van der Waals surface area contributed by atoms with Gasteiger partial charge < -0.3 is 9.47 Å². The Bertz CT molecular complexity index is 672. The fraction of sp³-hybridized carbons (Fsp3) is 0.111. The molecule has 0 atom stereocenters. The summed E-state index contributed by atoms with van der Waals surface area (Å²) in [5.74, 6) is -0.575. The highest BCUT2D eigenvalue weighted by atomic mass is 16.5. The third-order valence-corrected chi connectivity index (χ3v) is 2.86. The molecule has 0 bridgehead atoms. The Labute approximate surface area is 129 Å². The first-order valence-corrected chi connectivity index (χ1v) is 6.75. The minimum atomic E-state index is -0.501. The van der Waals surface area contributed by atoms with Gasteiger partial charge in [-0.3, -0.25) is 0 Å². The fourth-order valence-corrected chi connectivity index (χ4v) is 1.66. The van der Waals surface area contributed by atoms with Gasteiger partial charge in [-0.15, -0.1) is 0 Å². The van der Waals surface area contributed by atoms with Crippen LogP contribution in [-0.2, 0) is 16.1 Å². The van der Waals surface area contributed by atoms with E-state index in [1.165, 1.54) is 0 Å². The maximum Gasteiger partial charge on any atom is 0.338 e. The number of hydrogen-bond acceptors (Lipinski definition) is 4. The van der Waals surface area contributed by atoms with Gasteiger partial charge >= 0.3 is 11.9 Å². The van der Waals surface area contributed by atoms with E-state index in [0.29, 0.717) is 16.9 Å². The Balaban J connectivity index is 1.93. The van der Waals surface area contributed by atoms with Crippen LogP contribution in [0.5, 0.6) is 5.75 Å². The average Bonchev–Trinajstić information content (AvgIpc) is 2.54. The van der Waals surface area contributed by atoms with Crippen molar-refractivity contribution in [1.82, 2.24) is 0 Å². The first-order chi connectivity index (χ1) is 10.6. The minimum absolute atomic E-state index is 0.214. The van der Waals surface area contributed by atoms with Crippen molar-refractivity contribution in [2.75, 3.05) is 0 Å². The van der Waals surface area contributed by atoms with E-state index in [-0.39, 0.29) is 6.61 Å². The third-order valence-electron chi connectivity index (χ3n) is 2.86. The number of carbonyl (C=O) groups is 2. The van der Waals surface area contributed by atoms with Crippen LogP contribution in [0.2, 0.25) is 0 Å². The summed E-state index contributed by atoms with van der Waals surface area (Å²) >= 11 is 0. The molecule has 0 heterocycles. The molecule has 112 valence electrons. The molecule has 0 unspecified atom stereocenters. The van der Waals surface area contributed by atoms with Crippen LogP contribution in [-0.4, -0.2) is 11.9 Å². The van der Waals surface area contributed by atoms with Gasteiger partial charge in [0.15, 0.2) is 0 Å². The Morgan fingerprint density at radius 1 is 1.00 bits per heavy atom. The number of esters is 2. The second-order valence-electron chi connectivity index (χ2n) is 4.76. The molecule has 2 rings (SSSR count). The average molecular weight is 296 g/mol. The second kappa shape index (κ2) is 7.22. The van der Waals surface area contributed by atoms with Crippen LogP contribution in [0.25, 0.3) is 0 Å². The molecule has 2 aromatic carbocycles. The van der Waals surface area contributed by atoms with Crippen LogP contribution in [0.3, 0.4) is 0 Å². The highest BCUT2D eigenvalue weighted by molar-refractivity contribution is 5.90. The van der Waals surface area contributed by atoms with Crippen LogP contribution < -0.4 is 4.74 Å². The van der Waals surface area contributed by atoms with Gasteiger partial charge in [0.25, 0.3) is 0 Å². The van der Waals surface area contributed by atoms with Crippen molar-refractivity contribution in [3.8, 4) is 5.75 Å². The summed E-state index contributed by atoms with van der Waals surface area (Å²) in [5.41, 5.74) is 1.63. The van der Waals surface area contributed by atoms with Crippen LogP contribution in [0.15, 0.2) is 66.7 Å². The van der Waals surface area contributed by atoms with Gasteiger partial charge in [-0.05, 0) is 36.8 Å². The number of rotatable bonds is 5. The molecule has 0 saturated heterocycles. The SMILES string of the molecule is C=C(C)C(=O)Oc1ccc(C(=O)OCc2ccccc2)cc1. The zero-order valence-electron chi connectivity index (χ0n) is 12.2. The molecular weight excluding hydrogens is 280 g/mol. The van der Waals surface area contributed by atoms with Crippen molar-refractivity contribution in [3.63, 3.8) is 0 Å². The lowest BCUT2D eigenvalue weighted by Crippen LogP contribution is -2.09. The van der Waals surface area contributed by atoms with Crippen molar-refractivity contribution in [2.45, 2.75) is 13.5 Å². The summed E-state index contributed by atoms with van der Waals surface area (Å²) in [6, 6.07) is 15.6. The van der Waals surface area contributed by atoms with Gasteiger partial charge in [0.2, 0.25) is 0 Å². The number of ether oxygens (including phenoxy) is 2. The quantitative estimate of drug-likeness (QED) is 0.481. The fourth-order valence-electron chi connectivity index (χ4n) is 1.66. The van der Waals surface area contributed by atoms with E-state index in [0.717, 1.165) is 5.56 Å². The molecule has 0 fully saturated rings. The van der Waals surface area contributed by atoms with Crippen molar-refractivity contribution in [3.05, 3.63) is 77.9 Å². The van der Waals surface area contributed by atoms with Gasteiger partial charge in [0.1, 0.15) is 12.4 Å². The maximum atomic E-state index is 11.9. The smallest absolute Gasteiger partial charge is 0.338 e. The highest BCUT2D eigenvalue weighted by Crippen LogP contribution is 2.15. The lowest BCUT2D eigenvalue weighted by molar-refractivity contribution is -0.130. The molecule has 0 aliphatic rings. The summed E-state index contributed by atoms with van der Waals surface area (Å²) in [5, 5.41) is 0.